The van der Waals surface area contributed by atoms with Crippen LogP contribution in [0.15, 0.2) is 4.99 Å². The van der Waals surface area contributed by atoms with E-state index in [0.717, 1.165) is 51.6 Å². The maximum absolute atomic E-state index is 6.02. The van der Waals surface area contributed by atoms with E-state index in [0.29, 0.717) is 11.9 Å². The van der Waals surface area contributed by atoms with E-state index in [9.17, 15) is 0 Å². The van der Waals surface area contributed by atoms with E-state index in [2.05, 4.69) is 29.1 Å². The van der Waals surface area contributed by atoms with Crippen molar-refractivity contribution in [3.8, 4) is 0 Å². The lowest BCUT2D eigenvalue weighted by Gasteiger charge is -2.42. The minimum atomic E-state index is 0. The number of nitrogens with zero attached hydrogens (tertiary/aromatic N) is 2. The molecule has 2 heterocycles. The van der Waals surface area contributed by atoms with Gasteiger partial charge in [-0.3, -0.25) is 9.89 Å². The van der Waals surface area contributed by atoms with Crippen molar-refractivity contribution in [2.75, 3.05) is 50.9 Å². The monoisotopic (exact) mass is 442 g/mol. The second-order valence-corrected chi connectivity index (χ2v) is 7.54. The zero-order valence-electron chi connectivity index (χ0n) is 13.8. The van der Waals surface area contributed by atoms with Gasteiger partial charge in [-0.2, -0.15) is 11.8 Å². The molecule has 130 valence electrons. The van der Waals surface area contributed by atoms with Crippen molar-refractivity contribution in [2.24, 2.45) is 16.6 Å². The van der Waals surface area contributed by atoms with Crippen LogP contribution in [0.3, 0.4) is 0 Å². The van der Waals surface area contributed by atoms with Gasteiger partial charge in [0.1, 0.15) is 0 Å². The van der Waals surface area contributed by atoms with Gasteiger partial charge in [-0.25, -0.2) is 0 Å². The Hall–Kier alpha value is 0.270. The number of thioether (sulfide) groups is 1. The van der Waals surface area contributed by atoms with E-state index in [-0.39, 0.29) is 29.5 Å². The Morgan fingerprint density at radius 1 is 1.41 bits per heavy atom. The summed E-state index contributed by atoms with van der Waals surface area (Å²) in [5, 5.41) is 3.24. The normalized spacial score (nSPS) is 27.0. The molecule has 0 aromatic rings. The molecule has 2 rings (SSSR count). The fraction of sp³-hybridized carbons (Fsp3) is 0.933. The third-order valence-corrected chi connectivity index (χ3v) is 5.57. The topological polar surface area (TPSA) is 62.9 Å². The van der Waals surface area contributed by atoms with Crippen LogP contribution in [0.25, 0.3) is 0 Å². The highest BCUT2D eigenvalue weighted by atomic mass is 127. The van der Waals surface area contributed by atoms with E-state index in [1.54, 1.807) is 0 Å². The number of ether oxygens (including phenoxy) is 1. The van der Waals surface area contributed by atoms with Crippen LogP contribution in [0, 0.1) is 5.92 Å². The number of aliphatic imine (C=N–C) groups is 1. The molecular weight excluding hydrogens is 411 g/mol. The van der Waals surface area contributed by atoms with Gasteiger partial charge in [0, 0.05) is 25.4 Å². The van der Waals surface area contributed by atoms with Gasteiger partial charge in [-0.05, 0) is 24.5 Å². The summed E-state index contributed by atoms with van der Waals surface area (Å²) >= 11 is 2.04. The number of rotatable bonds is 6. The van der Waals surface area contributed by atoms with Gasteiger partial charge >= 0.3 is 0 Å². The van der Waals surface area contributed by atoms with E-state index in [1.807, 2.05) is 11.8 Å². The summed E-state index contributed by atoms with van der Waals surface area (Å²) in [6, 6.07) is 0. The lowest BCUT2D eigenvalue weighted by atomic mass is 9.96. The van der Waals surface area contributed by atoms with E-state index in [1.165, 1.54) is 12.2 Å². The molecule has 2 fully saturated rings. The molecule has 0 amide bonds. The van der Waals surface area contributed by atoms with Gasteiger partial charge in [-0.15, -0.1) is 24.0 Å². The van der Waals surface area contributed by atoms with Gasteiger partial charge in [-0.1, -0.05) is 13.8 Å². The number of nitrogens with one attached hydrogen (secondary N) is 1. The summed E-state index contributed by atoms with van der Waals surface area (Å²) in [6.45, 7) is 9.90. The fourth-order valence-corrected chi connectivity index (χ4v) is 4.35. The average Bonchev–Trinajstić information content (AvgIpc) is 2.96. The van der Waals surface area contributed by atoms with Crippen molar-refractivity contribution in [2.45, 2.75) is 32.2 Å². The Morgan fingerprint density at radius 2 is 2.14 bits per heavy atom. The van der Waals surface area contributed by atoms with Crippen molar-refractivity contribution < 1.29 is 4.74 Å². The molecule has 5 nitrogen and oxygen atoms in total. The molecule has 3 N–H and O–H groups in total. The molecule has 0 spiro atoms. The zero-order chi connectivity index (χ0) is 15.1. The third-order valence-electron chi connectivity index (χ3n) is 4.34. The number of nitrogens with two attached hydrogens (primary N) is 1. The zero-order valence-corrected chi connectivity index (χ0v) is 17.0. The molecule has 2 aliphatic rings. The molecule has 0 bridgehead atoms. The Bertz CT molecular complexity index is 342. The largest absolute Gasteiger partial charge is 0.379 e. The lowest BCUT2D eigenvalue weighted by Crippen LogP contribution is -2.56. The first kappa shape index (κ1) is 20.3. The molecule has 22 heavy (non-hydrogen) atoms. The standard InChI is InChI=1S/C15H30N4OS.HI/c1-13(2)3-5-17-14(16)18-11-15(4-10-21-12-15)19-6-8-20-9-7-19;/h13H,3-12H2,1-2H3,(H3,16,17,18);1H. The predicted molar refractivity (Wildman–Crippen MR) is 106 cm³/mol. The fourth-order valence-electron chi connectivity index (χ4n) is 2.89. The highest BCUT2D eigenvalue weighted by Crippen LogP contribution is 2.34. The molecule has 1 atom stereocenters. The van der Waals surface area contributed by atoms with Crippen LogP contribution in [-0.2, 0) is 4.74 Å². The second kappa shape index (κ2) is 10.2. The molecule has 2 saturated heterocycles. The number of hydrogen-bond acceptors (Lipinski definition) is 4. The third kappa shape index (κ3) is 6.05. The van der Waals surface area contributed by atoms with Crippen LogP contribution in [0.4, 0.5) is 0 Å². The van der Waals surface area contributed by atoms with Crippen LogP contribution in [-0.4, -0.2) is 67.3 Å². The van der Waals surface area contributed by atoms with Crippen LogP contribution in [0.2, 0.25) is 0 Å². The Kier molecular flexibility index (Phi) is 9.42. The van der Waals surface area contributed by atoms with E-state index < -0.39 is 0 Å². The molecule has 7 heteroatoms. The summed E-state index contributed by atoms with van der Waals surface area (Å²) in [5.74, 6) is 3.68. The van der Waals surface area contributed by atoms with E-state index in [4.69, 9.17) is 10.5 Å². The Labute approximate surface area is 156 Å². The molecular formula is C15H31IN4OS. The van der Waals surface area contributed by atoms with Crippen molar-refractivity contribution in [1.29, 1.82) is 0 Å². The predicted octanol–water partition coefficient (Wildman–Crippen LogP) is 1.76. The maximum Gasteiger partial charge on any atom is 0.188 e. The first-order valence-electron chi connectivity index (χ1n) is 8.07. The number of morpholine rings is 1. The summed E-state index contributed by atoms with van der Waals surface area (Å²) in [7, 11) is 0. The highest BCUT2D eigenvalue weighted by Gasteiger charge is 2.40. The summed E-state index contributed by atoms with van der Waals surface area (Å²) in [4.78, 5) is 7.21. The number of hydrogen-bond donors (Lipinski definition) is 2. The molecule has 0 radical (unpaired) electrons. The van der Waals surface area contributed by atoms with Gasteiger partial charge in [0.05, 0.1) is 25.3 Å². The summed E-state index contributed by atoms with van der Waals surface area (Å²) < 4.78 is 5.48. The molecule has 0 aromatic heterocycles. The molecule has 1 unspecified atom stereocenters. The second-order valence-electron chi connectivity index (χ2n) is 6.44. The quantitative estimate of drug-likeness (QED) is 0.373. The Balaban J connectivity index is 0.00000242. The van der Waals surface area contributed by atoms with Crippen LogP contribution in [0.1, 0.15) is 26.7 Å². The molecule has 0 aliphatic carbocycles. The Morgan fingerprint density at radius 3 is 2.73 bits per heavy atom. The molecule has 2 aliphatic heterocycles. The van der Waals surface area contributed by atoms with Crippen molar-refractivity contribution in [3.05, 3.63) is 0 Å². The summed E-state index contributed by atoms with van der Waals surface area (Å²) in [6.07, 6.45) is 2.33. The van der Waals surface area contributed by atoms with Crippen molar-refractivity contribution in [1.82, 2.24) is 10.2 Å². The highest BCUT2D eigenvalue weighted by molar-refractivity contribution is 14.0. The summed E-state index contributed by atoms with van der Waals surface area (Å²) in [5.41, 5.74) is 6.21. The van der Waals surface area contributed by atoms with Crippen LogP contribution in [0.5, 0.6) is 0 Å². The van der Waals surface area contributed by atoms with Gasteiger partial charge in [0.15, 0.2) is 5.96 Å². The minimum Gasteiger partial charge on any atom is -0.379 e. The first-order valence-corrected chi connectivity index (χ1v) is 9.22. The minimum absolute atomic E-state index is 0. The number of guanidine groups is 1. The van der Waals surface area contributed by atoms with Crippen LogP contribution >= 0.6 is 35.7 Å². The van der Waals surface area contributed by atoms with Gasteiger partial charge in [0.25, 0.3) is 0 Å². The van der Waals surface area contributed by atoms with Crippen molar-refractivity contribution in [3.63, 3.8) is 0 Å². The SMILES string of the molecule is CC(C)CCNC(N)=NCC1(N2CCOCC2)CCSC1.I. The lowest BCUT2D eigenvalue weighted by molar-refractivity contribution is -0.0104. The smallest absolute Gasteiger partial charge is 0.188 e. The van der Waals surface area contributed by atoms with Crippen LogP contribution < -0.4 is 11.1 Å². The van der Waals surface area contributed by atoms with E-state index >= 15 is 0 Å². The first-order chi connectivity index (χ1) is 10.1. The average molecular weight is 442 g/mol. The van der Waals surface area contributed by atoms with Crippen molar-refractivity contribution >= 4 is 41.7 Å². The molecule has 0 saturated carbocycles. The number of halogens is 1. The van der Waals surface area contributed by atoms with Gasteiger partial charge < -0.3 is 15.8 Å². The maximum atomic E-state index is 6.02. The molecule has 0 aromatic carbocycles. The van der Waals surface area contributed by atoms with Gasteiger partial charge in [0.2, 0.25) is 0 Å².